The lowest BCUT2D eigenvalue weighted by atomic mass is 10.0. The van der Waals surface area contributed by atoms with Crippen molar-refractivity contribution < 1.29 is 14.3 Å². The number of morpholine rings is 1. The molecule has 19 nitrogen and oxygen atoms in total. The standard InChI is InChI=1S/C28H30N6O.C26H28N4O.C24H18N6O/c1-3-32-12-14-33(15-13-32)25-8-5-22(16-19(25)2)31-24-7-9-26(34-11-10-29-27(24)34)20-4-6-23-21(17-20)18-30-28(23)35;1-3-20-18-21(5-4-19(20)2)25-11-10-24(26-27-12-13-30(25)26)28-22-6-8-23(9-7-22)29-14-16-31-17-15-29;31-24-20-7-2-16(14-17(20)15-26-24)22-9-8-21(23-25-11-13-29(22)23)28-18-3-5-19(6-4-18)30-12-1-10-27-30/h4-11,16-17,31H,3,12-15,18H2,1-2H3,(H,30,35);4-13,18,28H,3,14-17H2,1-2H3;1-14,28H,15H2,(H,26,31). The number of pyridine rings is 3. The minimum absolute atomic E-state index is 0.00315. The Bertz CT molecular complexity index is 5020. The van der Waals surface area contributed by atoms with E-state index in [1.807, 2.05) is 103 Å². The number of fused-ring (bicyclic) bond motifs is 5. The summed E-state index contributed by atoms with van der Waals surface area (Å²) in [6.07, 6.45) is 16.2. The number of anilines is 8. The van der Waals surface area contributed by atoms with Crippen molar-refractivity contribution in [1.82, 2.24) is 53.5 Å². The number of piperazine rings is 1. The molecule has 2 amide bonds. The maximum Gasteiger partial charge on any atom is 0.251 e. The summed E-state index contributed by atoms with van der Waals surface area (Å²) in [7, 11) is 0. The Morgan fingerprint density at radius 3 is 1.45 bits per heavy atom. The van der Waals surface area contributed by atoms with Crippen LogP contribution in [0.4, 0.5) is 45.5 Å². The molecular weight excluding hydrogens is 1210 g/mol. The van der Waals surface area contributed by atoms with Gasteiger partial charge in [0.15, 0.2) is 16.9 Å². The van der Waals surface area contributed by atoms with Gasteiger partial charge in [-0.05, 0) is 211 Å². The average molecular weight is 1290 g/mol. The van der Waals surface area contributed by atoms with Crippen LogP contribution in [0.2, 0.25) is 0 Å². The third-order valence-corrected chi connectivity index (χ3v) is 18.9. The molecule has 4 aliphatic heterocycles. The maximum atomic E-state index is 11.9. The second-order valence-corrected chi connectivity index (χ2v) is 24.8. The first-order valence-corrected chi connectivity index (χ1v) is 33.3. The predicted octanol–water partition coefficient (Wildman–Crippen LogP) is 14.1. The van der Waals surface area contributed by atoms with Crippen LogP contribution in [-0.4, -0.2) is 114 Å². The highest BCUT2D eigenvalue weighted by Gasteiger charge is 2.23. The second-order valence-electron chi connectivity index (χ2n) is 24.8. The van der Waals surface area contributed by atoms with Gasteiger partial charge in [0.25, 0.3) is 11.8 Å². The molecule has 0 aliphatic carbocycles. The lowest BCUT2D eigenvalue weighted by Crippen LogP contribution is -2.46. The third kappa shape index (κ3) is 12.7. The lowest BCUT2D eigenvalue weighted by molar-refractivity contribution is 0.0957. The number of likely N-dealkylation sites (N-methyl/N-ethyl adjacent to an activating group) is 1. The number of hydrogen-bond acceptors (Lipinski definition) is 13. The molecule has 0 atom stereocenters. The summed E-state index contributed by atoms with van der Waals surface area (Å²) < 4.78 is 13.6. The topological polar surface area (TPSA) is 183 Å². The van der Waals surface area contributed by atoms with Gasteiger partial charge < -0.3 is 46.0 Å². The van der Waals surface area contributed by atoms with Crippen LogP contribution in [0, 0.1) is 13.8 Å². The summed E-state index contributed by atoms with van der Waals surface area (Å²) in [4.78, 5) is 45.0. The summed E-state index contributed by atoms with van der Waals surface area (Å²) in [6, 6.07) is 56.5. The average Bonchev–Trinajstić information content (AvgIpc) is 1.73. The number of aromatic nitrogens is 8. The number of imidazole rings is 3. The molecule has 0 bridgehead atoms. The Morgan fingerprint density at radius 1 is 0.464 bits per heavy atom. The Balaban J connectivity index is 0.000000119. The van der Waals surface area contributed by atoms with Crippen molar-refractivity contribution in [3.8, 4) is 39.5 Å². The molecule has 7 aromatic heterocycles. The lowest BCUT2D eigenvalue weighted by Gasteiger charge is -2.36. The van der Waals surface area contributed by atoms with Crippen LogP contribution >= 0.6 is 0 Å². The van der Waals surface area contributed by atoms with E-state index in [1.54, 1.807) is 12.4 Å². The first kappa shape index (κ1) is 61.6. The molecule has 2 saturated heterocycles. The van der Waals surface area contributed by atoms with Crippen LogP contribution in [0.15, 0.2) is 213 Å². The van der Waals surface area contributed by atoms with Gasteiger partial charge >= 0.3 is 0 Å². The van der Waals surface area contributed by atoms with Gasteiger partial charge in [-0.15, -0.1) is 0 Å². The van der Waals surface area contributed by atoms with Crippen molar-refractivity contribution in [2.45, 2.75) is 47.2 Å². The van der Waals surface area contributed by atoms with E-state index in [4.69, 9.17) is 4.74 Å². The Morgan fingerprint density at radius 2 is 0.959 bits per heavy atom. The van der Waals surface area contributed by atoms with Gasteiger partial charge in [-0.1, -0.05) is 38.1 Å². The zero-order valence-corrected chi connectivity index (χ0v) is 54.8. The van der Waals surface area contributed by atoms with Crippen molar-refractivity contribution in [2.24, 2.45) is 0 Å². The van der Waals surface area contributed by atoms with E-state index in [-0.39, 0.29) is 11.8 Å². The highest BCUT2D eigenvalue weighted by molar-refractivity contribution is 6.00. The fourth-order valence-electron chi connectivity index (χ4n) is 13.6. The van der Waals surface area contributed by atoms with Gasteiger partial charge in [0.2, 0.25) is 0 Å². The number of aryl methyl sites for hydroxylation is 3. The van der Waals surface area contributed by atoms with Gasteiger partial charge in [-0.2, -0.15) is 5.10 Å². The Kier molecular flexibility index (Phi) is 17.2. The van der Waals surface area contributed by atoms with E-state index in [9.17, 15) is 9.59 Å². The van der Waals surface area contributed by atoms with Crippen LogP contribution in [0.1, 0.15) is 62.4 Å². The van der Waals surface area contributed by atoms with Gasteiger partial charge in [0, 0.05) is 141 Å². The quantitative estimate of drug-likeness (QED) is 0.0694. The fourth-order valence-corrected chi connectivity index (χ4v) is 13.6. The van der Waals surface area contributed by atoms with Crippen LogP contribution in [0.25, 0.3) is 56.4 Å². The van der Waals surface area contributed by atoms with Crippen molar-refractivity contribution >= 4 is 74.3 Å². The zero-order chi connectivity index (χ0) is 65.9. The van der Waals surface area contributed by atoms with Crippen LogP contribution in [-0.2, 0) is 24.2 Å². The Labute approximate surface area is 563 Å². The molecule has 11 heterocycles. The molecular formula is C78H76N16O3. The molecule has 6 aromatic carbocycles. The summed E-state index contributed by atoms with van der Waals surface area (Å²) in [5.74, 6) is -0.00384. The predicted molar refractivity (Wildman–Crippen MR) is 387 cm³/mol. The van der Waals surface area contributed by atoms with Crippen molar-refractivity contribution in [2.75, 3.05) is 84.8 Å². The van der Waals surface area contributed by atoms with Crippen molar-refractivity contribution in [1.29, 1.82) is 0 Å². The molecule has 97 heavy (non-hydrogen) atoms. The molecule has 4 aliphatic rings. The highest BCUT2D eigenvalue weighted by Crippen LogP contribution is 2.35. The van der Waals surface area contributed by atoms with Crippen LogP contribution < -0.4 is 36.4 Å². The molecule has 0 unspecified atom stereocenters. The van der Waals surface area contributed by atoms with E-state index >= 15 is 0 Å². The highest BCUT2D eigenvalue weighted by atomic mass is 16.5. The van der Waals surface area contributed by atoms with Crippen LogP contribution in [0.5, 0.6) is 0 Å². The minimum atomic E-state index is -0.00699. The largest absolute Gasteiger partial charge is 0.378 e. The van der Waals surface area contributed by atoms with E-state index in [0.29, 0.717) is 13.1 Å². The van der Waals surface area contributed by atoms with Gasteiger partial charge in [0.05, 0.1) is 53.0 Å². The molecule has 17 rings (SSSR count). The zero-order valence-electron chi connectivity index (χ0n) is 54.8. The summed E-state index contributed by atoms with van der Waals surface area (Å²) in [5, 5.41) is 20.6. The number of benzene rings is 6. The third-order valence-electron chi connectivity index (χ3n) is 18.9. The molecule has 486 valence electrons. The van der Waals surface area contributed by atoms with Gasteiger partial charge in [-0.25, -0.2) is 19.6 Å². The monoisotopic (exact) mass is 1280 g/mol. The molecule has 0 spiro atoms. The first-order chi connectivity index (χ1) is 47.6. The number of nitrogens with zero attached hydrogens (tertiary/aromatic N) is 11. The number of carbonyl (C=O) groups is 2. The molecule has 5 N–H and O–H groups in total. The smallest absolute Gasteiger partial charge is 0.251 e. The van der Waals surface area contributed by atoms with E-state index in [1.165, 1.54) is 33.6 Å². The summed E-state index contributed by atoms with van der Waals surface area (Å²) in [6.45, 7) is 19.0. The fraction of sp³-hybridized carbons (Fsp3) is 0.205. The van der Waals surface area contributed by atoms with E-state index < -0.39 is 0 Å². The van der Waals surface area contributed by atoms with Crippen LogP contribution in [0.3, 0.4) is 0 Å². The van der Waals surface area contributed by atoms with E-state index in [0.717, 1.165) is 173 Å². The second kappa shape index (κ2) is 27.1. The van der Waals surface area contributed by atoms with Gasteiger partial charge in [0.1, 0.15) is 0 Å². The normalized spacial score (nSPS) is 14.4. The summed E-state index contributed by atoms with van der Waals surface area (Å²) in [5.41, 5.74) is 26.3. The number of amides is 2. The maximum absolute atomic E-state index is 11.9. The molecule has 0 saturated carbocycles. The number of nitrogens with one attached hydrogen (secondary N) is 5. The number of hydrogen-bond donors (Lipinski definition) is 5. The number of carbonyl (C=O) groups excluding carboxylic acids is 2. The molecule has 0 radical (unpaired) electrons. The molecule has 19 heteroatoms. The van der Waals surface area contributed by atoms with Crippen molar-refractivity contribution in [3.05, 3.63) is 252 Å². The number of ether oxygens (including phenoxy) is 1. The minimum Gasteiger partial charge on any atom is -0.378 e. The van der Waals surface area contributed by atoms with E-state index in [2.05, 4.69) is 205 Å². The first-order valence-electron chi connectivity index (χ1n) is 33.3. The Hall–Kier alpha value is -11.5. The SMILES string of the molecule is CCN1CCN(c2ccc(Nc3ccc(-c4ccc5c(c4)CNC5=O)n4ccnc34)cc2C)CC1.CCc1cc(-c2ccc(Nc3ccc(N4CCOCC4)cc3)c3nccn23)ccc1C.O=C1NCc2cc(-c3ccc(Nc4ccc(-n5cccn5)cc4)c4nccn34)ccc21. The summed E-state index contributed by atoms with van der Waals surface area (Å²) >= 11 is 0. The van der Waals surface area contributed by atoms with Crippen molar-refractivity contribution in [3.63, 3.8) is 0 Å². The van der Waals surface area contributed by atoms with Gasteiger partial charge in [-0.3, -0.25) is 22.8 Å². The molecule has 2 fully saturated rings. The molecule has 13 aromatic rings. The number of rotatable bonds is 14.